The van der Waals surface area contributed by atoms with Crippen LogP contribution in [0.5, 0.6) is 0 Å². The molecule has 1 aromatic heterocycles. The molecule has 0 saturated heterocycles. The second-order valence-corrected chi connectivity index (χ2v) is 7.13. The van der Waals surface area contributed by atoms with E-state index in [0.717, 1.165) is 0 Å². The van der Waals surface area contributed by atoms with Gasteiger partial charge < -0.3 is 14.6 Å². The molecule has 3 aromatic rings. The minimum atomic E-state index is -0.609. The zero-order valence-electron chi connectivity index (χ0n) is 16.5. The maximum Gasteiger partial charge on any atom is 0.414 e. The van der Waals surface area contributed by atoms with E-state index in [2.05, 4.69) is 20.3 Å². The Labute approximate surface area is 171 Å². The number of carbonyl (C=O) groups is 2. The highest BCUT2D eigenvalue weighted by Gasteiger charge is 2.25. The van der Waals surface area contributed by atoms with Gasteiger partial charge in [-0.2, -0.15) is 0 Å². The third-order valence-corrected chi connectivity index (χ3v) is 4.68. The smallest absolute Gasteiger partial charge is 0.414 e. The number of imidazole rings is 1. The van der Waals surface area contributed by atoms with Gasteiger partial charge in [-0.05, 0) is 32.3 Å². The highest BCUT2D eigenvalue weighted by Crippen LogP contribution is 2.25. The molecule has 0 saturated carbocycles. The first-order valence-corrected chi connectivity index (χ1v) is 9.37. The largest absolute Gasteiger partial charge is 0.448 e. The van der Waals surface area contributed by atoms with Crippen molar-refractivity contribution < 1.29 is 18.7 Å². The van der Waals surface area contributed by atoms with Crippen LogP contribution in [0.4, 0.5) is 15.1 Å². The number of hydrogen-bond acceptors (Lipinski definition) is 6. The number of aromatic amines is 1. The number of ketones is 1. The average Bonchev–Trinajstić information content (AvgIpc) is 3.10. The Hall–Kier alpha value is -3.59. The summed E-state index contributed by atoms with van der Waals surface area (Å²) < 4.78 is 19.6. The Morgan fingerprint density at radius 2 is 2.13 bits per heavy atom. The summed E-state index contributed by atoms with van der Waals surface area (Å²) in [5.74, 6) is -0.466. The molecular formula is C21H20FN5O3. The van der Waals surface area contributed by atoms with Crippen molar-refractivity contribution >= 4 is 34.6 Å². The van der Waals surface area contributed by atoms with Crippen LogP contribution in [0.25, 0.3) is 11.0 Å². The molecule has 9 heteroatoms. The number of fused-ring (bicyclic) bond motifs is 2. The highest BCUT2D eigenvalue weighted by atomic mass is 19.1. The number of aliphatic imine (C=N–C) groups is 1. The number of H-pyrrole nitrogens is 1. The summed E-state index contributed by atoms with van der Waals surface area (Å²) in [6.45, 7) is 0.838. The van der Waals surface area contributed by atoms with Gasteiger partial charge in [0.25, 0.3) is 0 Å². The number of likely N-dealkylation sites (N-methyl/N-ethyl adjacent to an activating group) is 1. The summed E-state index contributed by atoms with van der Waals surface area (Å²) in [5.41, 5.74) is 2.84. The van der Waals surface area contributed by atoms with Crippen molar-refractivity contribution in [2.75, 3.05) is 39.1 Å². The van der Waals surface area contributed by atoms with E-state index in [9.17, 15) is 14.0 Å². The molecule has 0 fully saturated rings. The SMILES string of the molecule is CN(C)CCOC(=O)Nc1nc2ccc(C3=NCC(=O)c4cccc(F)c43)cc2[nH]1. The van der Waals surface area contributed by atoms with E-state index >= 15 is 0 Å². The van der Waals surface area contributed by atoms with Gasteiger partial charge in [0.05, 0.1) is 16.7 Å². The summed E-state index contributed by atoms with van der Waals surface area (Å²) in [4.78, 5) is 37.5. The van der Waals surface area contributed by atoms with Gasteiger partial charge >= 0.3 is 6.09 Å². The van der Waals surface area contributed by atoms with Gasteiger partial charge in [0.2, 0.25) is 5.95 Å². The van der Waals surface area contributed by atoms with Crippen LogP contribution in [0.1, 0.15) is 21.5 Å². The first kappa shape index (κ1) is 19.7. The number of amides is 1. The number of Topliss-reactive ketones (excluding diaryl/α,β-unsaturated/α-hetero) is 1. The van der Waals surface area contributed by atoms with E-state index in [1.54, 1.807) is 24.3 Å². The van der Waals surface area contributed by atoms with Gasteiger partial charge in [0.15, 0.2) is 5.78 Å². The Morgan fingerprint density at radius 3 is 2.93 bits per heavy atom. The number of aromatic nitrogens is 2. The van der Waals surface area contributed by atoms with E-state index < -0.39 is 11.9 Å². The number of hydrogen-bond donors (Lipinski definition) is 2. The fourth-order valence-electron chi connectivity index (χ4n) is 3.22. The van der Waals surface area contributed by atoms with Crippen LogP contribution in [-0.4, -0.2) is 66.2 Å². The van der Waals surface area contributed by atoms with E-state index in [4.69, 9.17) is 4.74 Å². The van der Waals surface area contributed by atoms with Gasteiger partial charge in [0.1, 0.15) is 19.0 Å². The standard InChI is InChI=1S/C21H20FN5O3/c1-27(2)8-9-30-21(29)26-20-24-15-7-6-12(10-16(15)25-20)19-18-13(17(28)11-23-19)4-3-5-14(18)22/h3-7,10H,8-9,11H2,1-2H3,(H2,24,25,26,29). The normalized spacial score (nSPS) is 13.3. The number of nitrogens with zero attached hydrogens (tertiary/aromatic N) is 3. The summed E-state index contributed by atoms with van der Waals surface area (Å²) in [6.07, 6.45) is -0.609. The number of ether oxygens (including phenoxy) is 1. The number of benzene rings is 2. The molecule has 0 bridgehead atoms. The van der Waals surface area contributed by atoms with E-state index in [1.807, 2.05) is 19.0 Å². The summed E-state index contributed by atoms with van der Waals surface area (Å²) in [5, 5.41) is 2.55. The van der Waals surface area contributed by atoms with Gasteiger partial charge in [-0.1, -0.05) is 18.2 Å². The van der Waals surface area contributed by atoms with Crippen molar-refractivity contribution in [3.8, 4) is 0 Å². The van der Waals surface area contributed by atoms with Crippen LogP contribution in [0, 0.1) is 5.82 Å². The molecule has 1 aliphatic rings. The second kappa shape index (κ2) is 8.03. The Morgan fingerprint density at radius 1 is 1.30 bits per heavy atom. The quantitative estimate of drug-likeness (QED) is 0.675. The van der Waals surface area contributed by atoms with Crippen molar-refractivity contribution in [1.29, 1.82) is 0 Å². The first-order valence-electron chi connectivity index (χ1n) is 9.37. The lowest BCUT2D eigenvalue weighted by Gasteiger charge is -2.17. The molecule has 0 spiro atoms. The molecule has 8 nitrogen and oxygen atoms in total. The van der Waals surface area contributed by atoms with Gasteiger partial charge in [0, 0.05) is 23.2 Å². The summed E-state index contributed by atoms with van der Waals surface area (Å²) >= 11 is 0. The fraction of sp³-hybridized carbons (Fsp3) is 0.238. The monoisotopic (exact) mass is 409 g/mol. The minimum Gasteiger partial charge on any atom is -0.448 e. The van der Waals surface area contributed by atoms with E-state index in [1.165, 1.54) is 12.1 Å². The number of carbonyl (C=O) groups excluding carboxylic acids is 2. The molecule has 154 valence electrons. The van der Waals surface area contributed by atoms with Crippen molar-refractivity contribution in [3.05, 3.63) is 58.9 Å². The molecule has 0 radical (unpaired) electrons. The number of nitrogens with one attached hydrogen (secondary N) is 2. The Bertz CT molecular complexity index is 1170. The van der Waals surface area contributed by atoms with Crippen LogP contribution in [0.15, 0.2) is 41.4 Å². The maximum absolute atomic E-state index is 14.5. The van der Waals surface area contributed by atoms with Crippen LogP contribution >= 0.6 is 0 Å². The van der Waals surface area contributed by atoms with Crippen LogP contribution in [0.3, 0.4) is 0 Å². The Balaban J connectivity index is 1.58. The second-order valence-electron chi connectivity index (χ2n) is 7.13. The van der Waals surface area contributed by atoms with Crippen molar-refractivity contribution in [1.82, 2.24) is 14.9 Å². The number of halogens is 1. The molecule has 2 N–H and O–H groups in total. The first-order chi connectivity index (χ1) is 14.4. The molecule has 2 aromatic carbocycles. The lowest BCUT2D eigenvalue weighted by molar-refractivity contribution is 0.0999. The van der Waals surface area contributed by atoms with Gasteiger partial charge in [-0.15, -0.1) is 0 Å². The van der Waals surface area contributed by atoms with Gasteiger partial charge in [-0.3, -0.25) is 15.1 Å². The predicted octanol–water partition coefficient (Wildman–Crippen LogP) is 2.85. The molecule has 1 amide bonds. The molecule has 1 aliphatic heterocycles. The lowest BCUT2D eigenvalue weighted by Crippen LogP contribution is -2.22. The zero-order chi connectivity index (χ0) is 21.3. The van der Waals surface area contributed by atoms with Crippen LogP contribution in [-0.2, 0) is 4.74 Å². The van der Waals surface area contributed by atoms with E-state index in [-0.39, 0.29) is 30.4 Å². The van der Waals surface area contributed by atoms with Crippen molar-refractivity contribution in [3.63, 3.8) is 0 Å². The average molecular weight is 409 g/mol. The number of rotatable bonds is 5. The minimum absolute atomic E-state index is 0.0294. The van der Waals surface area contributed by atoms with Gasteiger partial charge in [-0.25, -0.2) is 14.2 Å². The Kier molecular flexibility index (Phi) is 5.28. The van der Waals surface area contributed by atoms with Crippen molar-refractivity contribution in [2.24, 2.45) is 4.99 Å². The highest BCUT2D eigenvalue weighted by molar-refractivity contribution is 6.22. The van der Waals surface area contributed by atoms with Crippen LogP contribution in [0.2, 0.25) is 0 Å². The van der Waals surface area contributed by atoms with Crippen LogP contribution < -0.4 is 5.32 Å². The topological polar surface area (TPSA) is 99.7 Å². The third kappa shape index (κ3) is 3.92. The number of anilines is 1. The summed E-state index contributed by atoms with van der Waals surface area (Å²) in [6, 6.07) is 9.69. The lowest BCUT2D eigenvalue weighted by atomic mass is 9.92. The summed E-state index contributed by atoms with van der Waals surface area (Å²) in [7, 11) is 3.77. The molecule has 0 aliphatic carbocycles. The fourth-order valence-corrected chi connectivity index (χ4v) is 3.22. The predicted molar refractivity (Wildman–Crippen MR) is 111 cm³/mol. The molecular weight excluding hydrogens is 389 g/mol. The molecule has 30 heavy (non-hydrogen) atoms. The molecule has 0 atom stereocenters. The maximum atomic E-state index is 14.5. The molecule has 0 unspecified atom stereocenters. The van der Waals surface area contributed by atoms with E-state index in [0.29, 0.717) is 34.4 Å². The third-order valence-electron chi connectivity index (χ3n) is 4.68. The molecule has 4 rings (SSSR count). The van der Waals surface area contributed by atoms with Crippen molar-refractivity contribution in [2.45, 2.75) is 0 Å². The zero-order valence-corrected chi connectivity index (χ0v) is 16.5. The molecule has 2 heterocycles.